The van der Waals surface area contributed by atoms with Crippen molar-refractivity contribution in [3.05, 3.63) is 109 Å². The lowest BCUT2D eigenvalue weighted by Gasteiger charge is -2.12. The summed E-state index contributed by atoms with van der Waals surface area (Å²) in [6.07, 6.45) is 1.77. The van der Waals surface area contributed by atoms with Crippen molar-refractivity contribution in [2.24, 2.45) is 0 Å². The van der Waals surface area contributed by atoms with Crippen LogP contribution in [0.1, 0.15) is 16.7 Å². The number of hydrogen-bond donors (Lipinski definition) is 0. The number of ether oxygens (including phenoxy) is 1. The molecule has 0 aliphatic heterocycles. The number of nitriles is 1. The van der Waals surface area contributed by atoms with Crippen molar-refractivity contribution in [3.8, 4) is 11.8 Å². The minimum absolute atomic E-state index is 0.361. The Labute approximate surface area is 207 Å². The van der Waals surface area contributed by atoms with Crippen molar-refractivity contribution in [3.63, 3.8) is 0 Å². The fourth-order valence-electron chi connectivity index (χ4n) is 3.29. The highest BCUT2D eigenvalue weighted by molar-refractivity contribution is 14.1. The number of benzene rings is 4. The summed E-state index contributed by atoms with van der Waals surface area (Å²) in [5.41, 5.74) is 2.94. The van der Waals surface area contributed by atoms with E-state index in [0.29, 0.717) is 17.7 Å². The molecule has 4 rings (SSSR count). The normalized spacial score (nSPS) is 11.4. The van der Waals surface area contributed by atoms with Gasteiger partial charge in [-0.2, -0.15) is 5.26 Å². The van der Waals surface area contributed by atoms with Crippen LogP contribution in [0.5, 0.6) is 5.75 Å². The van der Waals surface area contributed by atoms with E-state index in [0.717, 1.165) is 24.0 Å². The molecule has 0 heterocycles. The highest BCUT2D eigenvalue weighted by Crippen LogP contribution is 2.31. The van der Waals surface area contributed by atoms with E-state index in [1.807, 2.05) is 24.3 Å². The van der Waals surface area contributed by atoms with E-state index in [4.69, 9.17) is 4.74 Å². The molecule has 0 radical (unpaired) electrons. The van der Waals surface area contributed by atoms with Gasteiger partial charge in [0.15, 0.2) is 0 Å². The van der Waals surface area contributed by atoms with Crippen molar-refractivity contribution >= 4 is 67.6 Å². The van der Waals surface area contributed by atoms with Crippen LogP contribution >= 0.6 is 45.2 Å². The Morgan fingerprint density at radius 1 is 0.903 bits per heavy atom. The van der Waals surface area contributed by atoms with E-state index >= 15 is 0 Å². The number of halogens is 3. The molecule has 0 unspecified atom stereocenters. The number of rotatable bonds is 5. The van der Waals surface area contributed by atoms with Crippen LogP contribution in [0.3, 0.4) is 0 Å². The molecular weight excluding hydrogens is 615 g/mol. The average Bonchev–Trinajstić information content (AvgIpc) is 2.76. The van der Waals surface area contributed by atoms with Gasteiger partial charge in [-0.3, -0.25) is 0 Å². The van der Waals surface area contributed by atoms with Crippen LogP contribution in [0, 0.1) is 24.3 Å². The van der Waals surface area contributed by atoms with Crippen molar-refractivity contribution in [2.75, 3.05) is 0 Å². The quantitative estimate of drug-likeness (QED) is 0.128. The SMILES string of the molecule is N#C/C(=C/c1cc(I)c(OCc2ccc3ccccc3c2)c(I)c1)c1cccc(F)c1. The van der Waals surface area contributed by atoms with E-state index in [-0.39, 0.29) is 5.82 Å². The Hall–Kier alpha value is -2.44. The van der Waals surface area contributed by atoms with Crippen LogP contribution in [-0.2, 0) is 6.61 Å². The minimum atomic E-state index is -0.361. The molecule has 2 nitrogen and oxygen atoms in total. The molecule has 31 heavy (non-hydrogen) atoms. The van der Waals surface area contributed by atoms with Crippen LogP contribution in [0.2, 0.25) is 0 Å². The third-order valence-electron chi connectivity index (χ3n) is 4.78. The highest BCUT2D eigenvalue weighted by atomic mass is 127. The van der Waals surface area contributed by atoms with Crippen LogP contribution < -0.4 is 4.74 Å². The zero-order valence-electron chi connectivity index (χ0n) is 16.3. The van der Waals surface area contributed by atoms with Crippen LogP contribution in [-0.4, -0.2) is 0 Å². The summed E-state index contributed by atoms with van der Waals surface area (Å²) in [4.78, 5) is 0. The third kappa shape index (κ3) is 5.25. The molecule has 4 aromatic carbocycles. The molecule has 0 saturated carbocycles. The zero-order chi connectivity index (χ0) is 21.8. The lowest BCUT2D eigenvalue weighted by Crippen LogP contribution is -1.99. The van der Waals surface area contributed by atoms with Gasteiger partial charge in [0.2, 0.25) is 0 Å². The molecule has 0 aliphatic carbocycles. The molecule has 0 fully saturated rings. The molecule has 0 aliphatic rings. The lowest BCUT2D eigenvalue weighted by molar-refractivity contribution is 0.302. The van der Waals surface area contributed by atoms with Crippen molar-refractivity contribution in [1.82, 2.24) is 0 Å². The summed E-state index contributed by atoms with van der Waals surface area (Å²) in [5, 5.41) is 11.9. The molecule has 152 valence electrons. The number of hydrogen-bond acceptors (Lipinski definition) is 2. The monoisotopic (exact) mass is 631 g/mol. The van der Waals surface area contributed by atoms with Gasteiger partial charge in [0.1, 0.15) is 18.2 Å². The predicted octanol–water partition coefficient (Wildman–Crippen LogP) is 7.83. The molecule has 0 amide bonds. The standard InChI is InChI=1S/C26H16FI2NO/c27-23-7-3-6-21(14-23)22(15-30)11-18-12-24(28)26(25(29)13-18)31-16-17-8-9-19-4-1-2-5-20(19)10-17/h1-14H,16H2/b22-11-. The number of nitrogens with zero attached hydrogens (tertiary/aromatic N) is 1. The van der Waals surface area contributed by atoms with Gasteiger partial charge in [0.25, 0.3) is 0 Å². The molecule has 4 aromatic rings. The largest absolute Gasteiger partial charge is 0.487 e. The Kier molecular flexibility index (Phi) is 6.88. The number of allylic oxidation sites excluding steroid dienone is 1. The van der Waals surface area contributed by atoms with E-state index in [1.165, 1.54) is 22.9 Å². The maximum absolute atomic E-state index is 13.5. The minimum Gasteiger partial charge on any atom is -0.487 e. The first-order valence-electron chi connectivity index (χ1n) is 9.51. The van der Waals surface area contributed by atoms with Gasteiger partial charge in [0.05, 0.1) is 18.8 Å². The molecular formula is C26H16FI2NO. The van der Waals surface area contributed by atoms with E-state index in [2.05, 4.69) is 81.6 Å². The maximum atomic E-state index is 13.5. The Morgan fingerprint density at radius 3 is 2.35 bits per heavy atom. The Bertz CT molecular complexity index is 1320. The first kappa shape index (κ1) is 21.8. The Balaban J connectivity index is 1.57. The van der Waals surface area contributed by atoms with E-state index < -0.39 is 0 Å². The molecule has 0 saturated heterocycles. The fraction of sp³-hybridized carbons (Fsp3) is 0.0385. The summed E-state index contributed by atoms with van der Waals surface area (Å²) < 4.78 is 21.6. The predicted molar refractivity (Wildman–Crippen MR) is 140 cm³/mol. The topological polar surface area (TPSA) is 33.0 Å². The smallest absolute Gasteiger partial charge is 0.146 e. The van der Waals surface area contributed by atoms with E-state index in [9.17, 15) is 9.65 Å². The second-order valence-electron chi connectivity index (χ2n) is 6.96. The van der Waals surface area contributed by atoms with Crippen molar-refractivity contribution in [2.45, 2.75) is 6.61 Å². The maximum Gasteiger partial charge on any atom is 0.146 e. The third-order valence-corrected chi connectivity index (χ3v) is 6.39. The summed E-state index contributed by atoms with van der Waals surface area (Å²) in [5.74, 6) is 0.455. The van der Waals surface area contributed by atoms with Crippen molar-refractivity contribution < 1.29 is 9.13 Å². The summed E-state index contributed by atoms with van der Waals surface area (Å²) in [6.45, 7) is 0.471. The zero-order valence-corrected chi connectivity index (χ0v) is 20.6. The molecule has 0 aromatic heterocycles. The molecule has 0 N–H and O–H groups in total. The summed E-state index contributed by atoms with van der Waals surface area (Å²) in [6, 6.07) is 26.8. The lowest BCUT2D eigenvalue weighted by atomic mass is 10.0. The molecule has 0 spiro atoms. The van der Waals surface area contributed by atoms with Gasteiger partial charge in [-0.25, -0.2) is 4.39 Å². The van der Waals surface area contributed by atoms with Crippen LogP contribution in [0.4, 0.5) is 4.39 Å². The number of fused-ring (bicyclic) bond motifs is 1. The summed E-state index contributed by atoms with van der Waals surface area (Å²) in [7, 11) is 0. The van der Waals surface area contributed by atoms with Crippen LogP contribution in [0.25, 0.3) is 22.4 Å². The van der Waals surface area contributed by atoms with Crippen molar-refractivity contribution in [1.29, 1.82) is 5.26 Å². The average molecular weight is 631 g/mol. The molecule has 5 heteroatoms. The van der Waals surface area contributed by atoms with Gasteiger partial charge >= 0.3 is 0 Å². The first-order valence-corrected chi connectivity index (χ1v) is 11.7. The fourth-order valence-corrected chi connectivity index (χ4v) is 5.42. The second kappa shape index (κ2) is 9.79. The van der Waals surface area contributed by atoms with Gasteiger partial charge in [-0.15, -0.1) is 0 Å². The van der Waals surface area contributed by atoms with Gasteiger partial charge < -0.3 is 4.74 Å². The van der Waals surface area contributed by atoms with Gasteiger partial charge in [0, 0.05) is 0 Å². The summed E-state index contributed by atoms with van der Waals surface area (Å²) >= 11 is 4.49. The van der Waals surface area contributed by atoms with Gasteiger partial charge in [-0.1, -0.05) is 48.5 Å². The first-order chi connectivity index (χ1) is 15.0. The Morgan fingerprint density at radius 2 is 1.65 bits per heavy atom. The highest BCUT2D eigenvalue weighted by Gasteiger charge is 2.10. The van der Waals surface area contributed by atoms with Crippen LogP contribution in [0.15, 0.2) is 78.9 Å². The second-order valence-corrected chi connectivity index (χ2v) is 9.29. The molecule has 0 atom stereocenters. The molecule has 0 bridgehead atoms. The van der Waals surface area contributed by atoms with E-state index in [1.54, 1.807) is 18.2 Å². The van der Waals surface area contributed by atoms with Gasteiger partial charge in [-0.05, 0) is 109 Å².